The molecule has 0 aliphatic rings. The molecule has 0 amide bonds. The molecule has 0 radical (unpaired) electrons. The van der Waals surface area contributed by atoms with E-state index in [2.05, 4.69) is 0 Å². The standard InChI is InChI=1S/C16H12F3NO3/c17-16(18,19)11-6-4-9(5-7-11)15(23)12-3-1-2-10(14(12)20)8-13(21)22/h1-7H,8,20H2,(H,21,22). The largest absolute Gasteiger partial charge is 0.481 e. The smallest absolute Gasteiger partial charge is 0.416 e. The third kappa shape index (κ3) is 3.68. The number of ketones is 1. The van der Waals surface area contributed by atoms with E-state index in [0.29, 0.717) is 0 Å². The van der Waals surface area contributed by atoms with Crippen LogP contribution in [0.2, 0.25) is 0 Å². The summed E-state index contributed by atoms with van der Waals surface area (Å²) in [6.45, 7) is 0. The fourth-order valence-electron chi connectivity index (χ4n) is 2.09. The first-order valence-corrected chi connectivity index (χ1v) is 6.51. The van der Waals surface area contributed by atoms with Gasteiger partial charge < -0.3 is 10.8 Å². The number of halogens is 3. The van der Waals surface area contributed by atoms with Gasteiger partial charge in [-0.1, -0.05) is 24.3 Å². The molecule has 0 spiro atoms. The molecule has 0 saturated carbocycles. The molecule has 2 aromatic rings. The number of nitrogens with two attached hydrogens (primary N) is 1. The normalized spacial score (nSPS) is 11.3. The van der Waals surface area contributed by atoms with Gasteiger partial charge in [-0.05, 0) is 23.8 Å². The summed E-state index contributed by atoms with van der Waals surface area (Å²) in [7, 11) is 0. The van der Waals surface area contributed by atoms with E-state index in [1.807, 2.05) is 0 Å². The van der Waals surface area contributed by atoms with Crippen LogP contribution < -0.4 is 5.73 Å². The van der Waals surface area contributed by atoms with Crippen LogP contribution in [0.3, 0.4) is 0 Å². The van der Waals surface area contributed by atoms with Crippen LogP contribution in [0.15, 0.2) is 42.5 Å². The maximum Gasteiger partial charge on any atom is 0.416 e. The molecule has 0 aliphatic heterocycles. The minimum absolute atomic E-state index is 0.0137. The lowest BCUT2D eigenvalue weighted by atomic mass is 9.97. The van der Waals surface area contributed by atoms with E-state index in [9.17, 15) is 22.8 Å². The van der Waals surface area contributed by atoms with Gasteiger partial charge in [-0.3, -0.25) is 9.59 Å². The number of benzene rings is 2. The molecule has 0 aliphatic carbocycles. The number of carbonyl (C=O) groups excluding carboxylic acids is 1. The predicted molar refractivity (Wildman–Crippen MR) is 77.1 cm³/mol. The minimum Gasteiger partial charge on any atom is -0.481 e. The van der Waals surface area contributed by atoms with Gasteiger partial charge in [0.15, 0.2) is 5.78 Å². The lowest BCUT2D eigenvalue weighted by Crippen LogP contribution is -2.11. The number of rotatable bonds is 4. The van der Waals surface area contributed by atoms with Gasteiger partial charge in [-0.15, -0.1) is 0 Å². The average molecular weight is 323 g/mol. The summed E-state index contributed by atoms with van der Waals surface area (Å²) < 4.78 is 37.6. The molecule has 0 unspecified atom stereocenters. The van der Waals surface area contributed by atoms with Crippen molar-refractivity contribution in [3.8, 4) is 0 Å². The molecule has 7 heteroatoms. The zero-order valence-corrected chi connectivity index (χ0v) is 11.7. The Morgan fingerprint density at radius 2 is 1.65 bits per heavy atom. The highest BCUT2D eigenvalue weighted by molar-refractivity contribution is 6.12. The number of nitrogen functional groups attached to an aromatic ring is 1. The maximum absolute atomic E-state index is 12.5. The van der Waals surface area contributed by atoms with Gasteiger partial charge in [0.2, 0.25) is 0 Å². The second kappa shape index (κ2) is 6.12. The van der Waals surface area contributed by atoms with Crippen molar-refractivity contribution in [1.29, 1.82) is 0 Å². The molecule has 0 saturated heterocycles. The summed E-state index contributed by atoms with van der Waals surface area (Å²) in [4.78, 5) is 23.1. The van der Waals surface area contributed by atoms with Gasteiger partial charge in [0.25, 0.3) is 0 Å². The number of alkyl halides is 3. The van der Waals surface area contributed by atoms with Crippen molar-refractivity contribution in [1.82, 2.24) is 0 Å². The second-order valence-corrected chi connectivity index (χ2v) is 4.85. The van der Waals surface area contributed by atoms with Gasteiger partial charge in [0.1, 0.15) is 0 Å². The van der Waals surface area contributed by atoms with Crippen LogP contribution in [0.5, 0.6) is 0 Å². The van der Waals surface area contributed by atoms with Gasteiger partial charge in [-0.25, -0.2) is 0 Å². The van der Waals surface area contributed by atoms with E-state index >= 15 is 0 Å². The molecule has 0 aromatic heterocycles. The summed E-state index contributed by atoms with van der Waals surface area (Å²) in [5.74, 6) is -1.67. The Kier molecular flexibility index (Phi) is 4.40. The highest BCUT2D eigenvalue weighted by atomic mass is 19.4. The second-order valence-electron chi connectivity index (χ2n) is 4.85. The van der Waals surface area contributed by atoms with E-state index < -0.39 is 23.5 Å². The van der Waals surface area contributed by atoms with Crippen LogP contribution >= 0.6 is 0 Å². The molecule has 0 atom stereocenters. The molecular formula is C16H12F3NO3. The highest BCUT2D eigenvalue weighted by Crippen LogP contribution is 2.30. The molecule has 0 heterocycles. The number of hydrogen-bond acceptors (Lipinski definition) is 3. The van der Waals surface area contributed by atoms with E-state index in [0.717, 1.165) is 24.3 Å². The Labute approximate surface area is 129 Å². The first-order chi connectivity index (χ1) is 10.7. The molecular weight excluding hydrogens is 311 g/mol. The Balaban J connectivity index is 2.36. The molecule has 2 aromatic carbocycles. The van der Waals surface area contributed by atoms with Crippen LogP contribution in [0.4, 0.5) is 18.9 Å². The zero-order chi connectivity index (χ0) is 17.2. The number of anilines is 1. The first-order valence-electron chi connectivity index (χ1n) is 6.51. The van der Waals surface area contributed by atoms with Gasteiger partial charge in [0.05, 0.1) is 12.0 Å². The van der Waals surface area contributed by atoms with Crippen molar-refractivity contribution in [2.24, 2.45) is 0 Å². The lowest BCUT2D eigenvalue weighted by molar-refractivity contribution is -0.138. The summed E-state index contributed by atoms with van der Waals surface area (Å²) in [5, 5.41) is 8.80. The number of carboxylic acid groups (broad SMARTS) is 1. The Hall–Kier alpha value is -2.83. The zero-order valence-electron chi connectivity index (χ0n) is 11.7. The number of carbonyl (C=O) groups is 2. The molecule has 120 valence electrons. The fourth-order valence-corrected chi connectivity index (χ4v) is 2.09. The quantitative estimate of drug-likeness (QED) is 0.669. The predicted octanol–water partition coefficient (Wildman–Crippen LogP) is 3.15. The summed E-state index contributed by atoms with van der Waals surface area (Å²) in [6.07, 6.45) is -4.83. The Morgan fingerprint density at radius 1 is 1.04 bits per heavy atom. The maximum atomic E-state index is 12.5. The number of aliphatic carboxylic acids is 1. The van der Waals surface area contributed by atoms with E-state index in [-0.39, 0.29) is 28.8 Å². The van der Waals surface area contributed by atoms with Crippen molar-refractivity contribution in [3.63, 3.8) is 0 Å². The van der Waals surface area contributed by atoms with Crippen LogP contribution in [-0.4, -0.2) is 16.9 Å². The van der Waals surface area contributed by atoms with Crippen molar-refractivity contribution in [2.75, 3.05) is 5.73 Å². The molecule has 3 N–H and O–H groups in total. The number of hydrogen-bond donors (Lipinski definition) is 2. The summed E-state index contributed by atoms with van der Waals surface area (Å²) in [5.41, 5.74) is 5.33. The van der Waals surface area contributed by atoms with Crippen LogP contribution in [0.25, 0.3) is 0 Å². The number of carboxylic acids is 1. The fraction of sp³-hybridized carbons (Fsp3) is 0.125. The Morgan fingerprint density at radius 3 is 2.17 bits per heavy atom. The van der Waals surface area contributed by atoms with E-state index in [1.165, 1.54) is 18.2 Å². The van der Waals surface area contributed by atoms with Gasteiger partial charge in [0, 0.05) is 16.8 Å². The highest BCUT2D eigenvalue weighted by Gasteiger charge is 2.30. The van der Waals surface area contributed by atoms with Crippen molar-refractivity contribution in [2.45, 2.75) is 12.6 Å². The third-order valence-electron chi connectivity index (χ3n) is 3.26. The molecule has 23 heavy (non-hydrogen) atoms. The molecule has 0 fully saturated rings. The first kappa shape index (κ1) is 16.5. The van der Waals surface area contributed by atoms with Crippen molar-refractivity contribution >= 4 is 17.4 Å². The van der Waals surface area contributed by atoms with E-state index in [4.69, 9.17) is 10.8 Å². The molecule has 0 bridgehead atoms. The SMILES string of the molecule is Nc1c(CC(=O)O)cccc1C(=O)c1ccc(C(F)(F)F)cc1. The molecule has 4 nitrogen and oxygen atoms in total. The van der Waals surface area contributed by atoms with Crippen molar-refractivity contribution in [3.05, 3.63) is 64.7 Å². The van der Waals surface area contributed by atoms with Crippen LogP contribution in [0, 0.1) is 0 Å². The average Bonchev–Trinajstić information content (AvgIpc) is 2.47. The third-order valence-corrected chi connectivity index (χ3v) is 3.26. The van der Waals surface area contributed by atoms with Gasteiger partial charge in [-0.2, -0.15) is 13.2 Å². The van der Waals surface area contributed by atoms with Crippen LogP contribution in [0.1, 0.15) is 27.0 Å². The summed E-state index contributed by atoms with van der Waals surface area (Å²) >= 11 is 0. The topological polar surface area (TPSA) is 80.4 Å². The lowest BCUT2D eigenvalue weighted by Gasteiger charge is -2.10. The summed E-state index contributed by atoms with van der Waals surface area (Å²) in [6, 6.07) is 8.11. The Bertz CT molecular complexity index is 752. The van der Waals surface area contributed by atoms with Gasteiger partial charge >= 0.3 is 12.1 Å². The van der Waals surface area contributed by atoms with Crippen molar-refractivity contribution < 1.29 is 27.9 Å². The van der Waals surface area contributed by atoms with Crippen LogP contribution in [-0.2, 0) is 17.4 Å². The number of para-hydroxylation sites is 1. The van der Waals surface area contributed by atoms with E-state index in [1.54, 1.807) is 0 Å². The molecule has 2 rings (SSSR count). The minimum atomic E-state index is -4.48. The monoisotopic (exact) mass is 323 g/mol.